The number of halogens is 2. The second-order valence-corrected chi connectivity index (χ2v) is 2.68. The zero-order chi connectivity index (χ0) is 8.97. The fraction of sp³-hybridized carbons (Fsp3) is 0.500. The van der Waals surface area contributed by atoms with Crippen LogP contribution in [-0.2, 0) is 0 Å². The van der Waals surface area contributed by atoms with Crippen molar-refractivity contribution in [3.63, 3.8) is 0 Å². The molecule has 0 unspecified atom stereocenters. The van der Waals surface area contributed by atoms with Crippen LogP contribution < -0.4 is 4.74 Å². The van der Waals surface area contributed by atoms with E-state index in [-0.39, 0.29) is 16.6 Å². The van der Waals surface area contributed by atoms with Crippen molar-refractivity contribution in [3.05, 3.63) is 10.6 Å². The van der Waals surface area contributed by atoms with E-state index in [0.717, 1.165) is 6.42 Å². The molecule has 66 valence electrons. The monoisotopic (exact) mass is 207 g/mol. The molecule has 1 heterocycles. The molecule has 0 atom stereocenters. The van der Waals surface area contributed by atoms with Gasteiger partial charge in [0, 0.05) is 0 Å². The Kier molecular flexibility index (Phi) is 3.49. The summed E-state index contributed by atoms with van der Waals surface area (Å²) >= 11 is 11.0. The average molecular weight is 208 g/mol. The number of ether oxygens (including phenoxy) is 1. The number of nitrogens with zero attached hydrogens (tertiary/aromatic N) is 3. The predicted molar refractivity (Wildman–Crippen MR) is 45.6 cm³/mol. The van der Waals surface area contributed by atoms with Gasteiger partial charge in [-0.3, -0.25) is 0 Å². The largest absolute Gasteiger partial charge is 0.463 e. The first-order chi connectivity index (χ1) is 5.72. The molecule has 1 rings (SSSR count). The highest BCUT2D eigenvalue weighted by molar-refractivity contribution is 6.31. The normalized spacial score (nSPS) is 9.92. The molecule has 0 saturated heterocycles. The number of hydrogen-bond donors (Lipinski definition) is 0. The molecule has 12 heavy (non-hydrogen) atoms. The molecule has 0 N–H and O–H groups in total. The Labute approximate surface area is 79.9 Å². The Morgan fingerprint density at radius 1 is 1.17 bits per heavy atom. The summed E-state index contributed by atoms with van der Waals surface area (Å²) in [6.45, 7) is 2.51. The van der Waals surface area contributed by atoms with Crippen LogP contribution in [0.3, 0.4) is 0 Å². The van der Waals surface area contributed by atoms with Crippen LogP contribution in [0.1, 0.15) is 13.3 Å². The molecule has 0 aromatic carbocycles. The maximum atomic E-state index is 5.50. The van der Waals surface area contributed by atoms with Crippen LogP contribution in [0.15, 0.2) is 0 Å². The molecule has 0 aliphatic rings. The minimum atomic E-state index is 0.0427. The molecule has 0 radical (unpaired) electrons. The van der Waals surface area contributed by atoms with Crippen molar-refractivity contribution in [3.8, 4) is 6.01 Å². The van der Waals surface area contributed by atoms with Gasteiger partial charge in [-0.2, -0.15) is 15.0 Å². The van der Waals surface area contributed by atoms with Crippen molar-refractivity contribution in [2.45, 2.75) is 13.3 Å². The van der Waals surface area contributed by atoms with Gasteiger partial charge in [-0.05, 0) is 29.6 Å². The number of rotatable bonds is 3. The molecular weight excluding hydrogens is 201 g/mol. The van der Waals surface area contributed by atoms with E-state index in [4.69, 9.17) is 27.9 Å². The summed E-state index contributed by atoms with van der Waals surface area (Å²) in [5.74, 6) is 0. The van der Waals surface area contributed by atoms with Gasteiger partial charge in [0.05, 0.1) is 6.61 Å². The molecule has 0 saturated carbocycles. The third-order valence-corrected chi connectivity index (χ3v) is 1.33. The lowest BCUT2D eigenvalue weighted by molar-refractivity contribution is 0.291. The molecule has 6 heteroatoms. The van der Waals surface area contributed by atoms with E-state index in [1.54, 1.807) is 0 Å². The Hall–Kier alpha value is -0.610. The number of aromatic nitrogens is 3. The van der Waals surface area contributed by atoms with Crippen LogP contribution >= 0.6 is 23.2 Å². The van der Waals surface area contributed by atoms with Gasteiger partial charge >= 0.3 is 6.01 Å². The molecule has 0 fully saturated rings. The summed E-state index contributed by atoms with van der Waals surface area (Å²) in [4.78, 5) is 11.0. The zero-order valence-electron chi connectivity index (χ0n) is 6.42. The fourth-order valence-corrected chi connectivity index (χ4v) is 0.915. The molecule has 0 spiro atoms. The molecule has 0 amide bonds. The SMILES string of the molecule is CCCOc1nc(Cl)nc(Cl)n1. The summed E-state index contributed by atoms with van der Waals surface area (Å²) in [5.41, 5.74) is 0. The van der Waals surface area contributed by atoms with Gasteiger partial charge in [0.2, 0.25) is 10.6 Å². The molecule has 0 bridgehead atoms. The van der Waals surface area contributed by atoms with E-state index in [1.165, 1.54) is 0 Å². The molecule has 0 aliphatic heterocycles. The van der Waals surface area contributed by atoms with Crippen LogP contribution in [0.5, 0.6) is 6.01 Å². The molecule has 1 aromatic heterocycles. The molecule has 1 aromatic rings. The Morgan fingerprint density at radius 3 is 2.25 bits per heavy atom. The summed E-state index contributed by atoms with van der Waals surface area (Å²) in [7, 11) is 0. The summed E-state index contributed by atoms with van der Waals surface area (Å²) in [5, 5.41) is 0.0854. The van der Waals surface area contributed by atoms with Crippen molar-refractivity contribution >= 4 is 23.2 Å². The van der Waals surface area contributed by atoms with E-state index in [9.17, 15) is 0 Å². The first kappa shape index (κ1) is 9.48. The highest BCUT2D eigenvalue weighted by Crippen LogP contribution is 2.11. The maximum Gasteiger partial charge on any atom is 0.322 e. The van der Waals surface area contributed by atoms with E-state index >= 15 is 0 Å². The summed E-state index contributed by atoms with van der Waals surface area (Å²) < 4.78 is 5.09. The van der Waals surface area contributed by atoms with Gasteiger partial charge < -0.3 is 4.74 Å². The van der Waals surface area contributed by atoms with Crippen LogP contribution in [0, 0.1) is 0 Å². The van der Waals surface area contributed by atoms with Gasteiger partial charge in [0.25, 0.3) is 0 Å². The minimum absolute atomic E-state index is 0.0427. The number of hydrogen-bond acceptors (Lipinski definition) is 4. The lowest BCUT2D eigenvalue weighted by Crippen LogP contribution is -2.01. The first-order valence-corrected chi connectivity index (χ1v) is 4.18. The minimum Gasteiger partial charge on any atom is -0.463 e. The maximum absolute atomic E-state index is 5.50. The quantitative estimate of drug-likeness (QED) is 0.761. The van der Waals surface area contributed by atoms with Crippen molar-refractivity contribution in [1.82, 2.24) is 15.0 Å². The lowest BCUT2D eigenvalue weighted by Gasteiger charge is -2.01. The molecule has 0 aliphatic carbocycles. The smallest absolute Gasteiger partial charge is 0.322 e. The molecule has 4 nitrogen and oxygen atoms in total. The van der Waals surface area contributed by atoms with Crippen molar-refractivity contribution < 1.29 is 4.74 Å². The van der Waals surface area contributed by atoms with Crippen LogP contribution in [0.4, 0.5) is 0 Å². The van der Waals surface area contributed by atoms with Gasteiger partial charge in [0.15, 0.2) is 0 Å². The standard InChI is InChI=1S/C6H7Cl2N3O/c1-2-3-12-6-10-4(7)9-5(8)11-6/h2-3H2,1H3. The zero-order valence-corrected chi connectivity index (χ0v) is 7.93. The predicted octanol–water partition coefficient (Wildman–Crippen LogP) is 1.97. The van der Waals surface area contributed by atoms with Crippen LogP contribution in [0.25, 0.3) is 0 Å². The van der Waals surface area contributed by atoms with Crippen molar-refractivity contribution in [2.75, 3.05) is 6.61 Å². The first-order valence-electron chi connectivity index (χ1n) is 3.42. The third kappa shape index (κ3) is 2.79. The van der Waals surface area contributed by atoms with Gasteiger partial charge in [-0.15, -0.1) is 0 Å². The molecular formula is C6H7Cl2N3O. The van der Waals surface area contributed by atoms with E-state index in [0.29, 0.717) is 6.61 Å². The van der Waals surface area contributed by atoms with Crippen molar-refractivity contribution in [1.29, 1.82) is 0 Å². The Morgan fingerprint density at radius 2 is 1.75 bits per heavy atom. The second kappa shape index (κ2) is 4.42. The summed E-state index contributed by atoms with van der Waals surface area (Å²) in [6, 6.07) is 0.168. The fourth-order valence-electron chi connectivity index (χ4n) is 0.567. The average Bonchev–Trinajstić information content (AvgIpc) is 1.99. The van der Waals surface area contributed by atoms with E-state index < -0.39 is 0 Å². The Balaban J connectivity index is 2.72. The van der Waals surface area contributed by atoms with Gasteiger partial charge in [-0.1, -0.05) is 6.92 Å². The summed E-state index contributed by atoms with van der Waals surface area (Å²) in [6.07, 6.45) is 0.876. The second-order valence-electron chi connectivity index (χ2n) is 2.00. The van der Waals surface area contributed by atoms with Crippen molar-refractivity contribution in [2.24, 2.45) is 0 Å². The van der Waals surface area contributed by atoms with Crippen LogP contribution in [0.2, 0.25) is 10.6 Å². The van der Waals surface area contributed by atoms with E-state index in [2.05, 4.69) is 15.0 Å². The Bertz CT molecular complexity index is 249. The highest BCUT2D eigenvalue weighted by Gasteiger charge is 2.02. The van der Waals surface area contributed by atoms with Crippen LogP contribution in [-0.4, -0.2) is 21.6 Å². The highest BCUT2D eigenvalue weighted by atomic mass is 35.5. The lowest BCUT2D eigenvalue weighted by atomic mass is 10.5. The van der Waals surface area contributed by atoms with E-state index in [1.807, 2.05) is 6.92 Å². The topological polar surface area (TPSA) is 47.9 Å². The van der Waals surface area contributed by atoms with Gasteiger partial charge in [-0.25, -0.2) is 0 Å². The third-order valence-electron chi connectivity index (χ3n) is 0.996. The van der Waals surface area contributed by atoms with Gasteiger partial charge in [0.1, 0.15) is 0 Å².